The number of imidazole rings is 2. The summed E-state index contributed by atoms with van der Waals surface area (Å²) < 4.78 is 9.19. The van der Waals surface area contributed by atoms with Gasteiger partial charge < -0.3 is 39.9 Å². The number of carbonyl (C=O) groups is 4. The van der Waals surface area contributed by atoms with E-state index in [0.29, 0.717) is 36.1 Å². The highest BCUT2D eigenvalue weighted by atomic mass is 16.5. The van der Waals surface area contributed by atoms with Crippen LogP contribution in [0.15, 0.2) is 12.4 Å². The fourth-order valence-electron chi connectivity index (χ4n) is 5.01. The van der Waals surface area contributed by atoms with Gasteiger partial charge in [0.15, 0.2) is 0 Å². The van der Waals surface area contributed by atoms with Crippen LogP contribution in [-0.2, 0) is 19.1 Å². The third-order valence-electron chi connectivity index (χ3n) is 6.96. The zero-order valence-corrected chi connectivity index (χ0v) is 21.9. The Balaban J connectivity index is 1.45. The van der Waals surface area contributed by atoms with E-state index < -0.39 is 24.3 Å². The van der Waals surface area contributed by atoms with Crippen molar-refractivity contribution in [2.45, 2.75) is 63.7 Å². The first-order chi connectivity index (χ1) is 18.2. The van der Waals surface area contributed by atoms with Gasteiger partial charge in [0.1, 0.15) is 23.7 Å². The van der Waals surface area contributed by atoms with Crippen molar-refractivity contribution >= 4 is 24.0 Å². The zero-order chi connectivity index (χ0) is 27.4. The van der Waals surface area contributed by atoms with Gasteiger partial charge in [-0.25, -0.2) is 19.6 Å². The van der Waals surface area contributed by atoms with E-state index in [4.69, 9.17) is 0 Å². The molecule has 206 valence electrons. The molecule has 2 aromatic heterocycles. The number of methoxy groups -OCH3 is 2. The first-order valence-corrected chi connectivity index (χ1v) is 12.6. The molecule has 2 saturated heterocycles. The van der Waals surface area contributed by atoms with Crippen molar-refractivity contribution < 1.29 is 28.7 Å². The standard InChI is InChI=1S/C24H34N8O6/c1-13(27-23(35)37-3)21(33)31-9-5-7-17(31)19-25-11-15(29-19)16-12-26-20(30-16)18-8-6-10-32(18)22(34)14(2)28-24(36)38-4/h11-14,17-18H,5-10H2,1-4H3,(H,25,29)(H,26,30)(H,27,35)(H,28,36)/t13-,14-,17-,18-/m0/s1. The van der Waals surface area contributed by atoms with Crippen LogP contribution in [0.2, 0.25) is 0 Å². The van der Waals surface area contributed by atoms with Crippen LogP contribution < -0.4 is 10.6 Å². The van der Waals surface area contributed by atoms with Gasteiger partial charge in [0.25, 0.3) is 0 Å². The number of nitrogens with zero attached hydrogens (tertiary/aromatic N) is 4. The number of ether oxygens (including phenoxy) is 2. The average Bonchev–Trinajstić information content (AvgIpc) is 3.72. The molecule has 0 aliphatic carbocycles. The van der Waals surface area contributed by atoms with Crippen molar-refractivity contribution in [3.8, 4) is 11.4 Å². The van der Waals surface area contributed by atoms with Crippen molar-refractivity contribution in [3.05, 3.63) is 24.0 Å². The van der Waals surface area contributed by atoms with Crippen LogP contribution in [0.1, 0.15) is 63.3 Å². The molecule has 4 rings (SSSR count). The van der Waals surface area contributed by atoms with Crippen molar-refractivity contribution in [3.63, 3.8) is 0 Å². The SMILES string of the molecule is COC(=O)N[C@@H](C)C(=O)N1CCC[C@H]1c1ncc(-c2cnc([C@@H]3CCCN3C(=O)[C@H](C)NC(=O)OC)[nH]2)[nH]1. The molecule has 0 unspecified atom stereocenters. The van der Waals surface area contributed by atoms with E-state index in [9.17, 15) is 19.2 Å². The molecule has 4 heterocycles. The number of amides is 4. The van der Waals surface area contributed by atoms with Gasteiger partial charge in [-0.3, -0.25) is 9.59 Å². The summed E-state index contributed by atoms with van der Waals surface area (Å²) in [6.45, 7) is 4.38. The maximum Gasteiger partial charge on any atom is 0.407 e. The first-order valence-electron chi connectivity index (χ1n) is 12.6. The topological polar surface area (TPSA) is 175 Å². The summed E-state index contributed by atoms with van der Waals surface area (Å²) in [4.78, 5) is 68.0. The molecule has 0 aromatic carbocycles. The van der Waals surface area contributed by atoms with Gasteiger partial charge >= 0.3 is 12.2 Å². The van der Waals surface area contributed by atoms with Gasteiger partial charge in [-0.05, 0) is 39.5 Å². The number of alkyl carbamates (subject to hydrolysis) is 2. The lowest BCUT2D eigenvalue weighted by Crippen LogP contribution is -2.46. The summed E-state index contributed by atoms with van der Waals surface area (Å²) >= 11 is 0. The Bertz CT molecular complexity index is 1090. The van der Waals surface area contributed by atoms with Crippen LogP contribution in [0.25, 0.3) is 11.4 Å². The van der Waals surface area contributed by atoms with Crippen molar-refractivity contribution in [1.82, 2.24) is 40.4 Å². The fraction of sp³-hybridized carbons (Fsp3) is 0.583. The third-order valence-corrected chi connectivity index (χ3v) is 6.96. The quantitative estimate of drug-likeness (QED) is 0.418. The Morgan fingerprint density at radius 1 is 0.816 bits per heavy atom. The largest absolute Gasteiger partial charge is 0.453 e. The van der Waals surface area contributed by atoms with Crippen LogP contribution in [0.3, 0.4) is 0 Å². The minimum Gasteiger partial charge on any atom is -0.453 e. The number of H-pyrrole nitrogens is 2. The number of rotatable bonds is 7. The Hall–Kier alpha value is -4.10. The normalized spacial score (nSPS) is 20.6. The van der Waals surface area contributed by atoms with E-state index >= 15 is 0 Å². The maximum atomic E-state index is 13.0. The van der Waals surface area contributed by atoms with E-state index in [2.05, 4.69) is 40.0 Å². The van der Waals surface area contributed by atoms with E-state index in [1.54, 1.807) is 36.0 Å². The predicted octanol–water partition coefficient (Wildman–Crippen LogP) is 1.62. The molecule has 38 heavy (non-hydrogen) atoms. The summed E-state index contributed by atoms with van der Waals surface area (Å²) in [5.74, 6) is 0.878. The second-order valence-electron chi connectivity index (χ2n) is 9.46. The fourth-order valence-corrected chi connectivity index (χ4v) is 5.01. The summed E-state index contributed by atoms with van der Waals surface area (Å²) in [6.07, 6.45) is 5.18. The number of carbonyl (C=O) groups excluding carboxylic acids is 4. The first kappa shape index (κ1) is 26.9. The molecular weight excluding hydrogens is 496 g/mol. The molecule has 14 heteroatoms. The Morgan fingerprint density at radius 2 is 1.21 bits per heavy atom. The zero-order valence-electron chi connectivity index (χ0n) is 21.9. The van der Waals surface area contributed by atoms with Gasteiger partial charge in [-0.2, -0.15) is 0 Å². The molecule has 2 fully saturated rings. The molecule has 0 spiro atoms. The smallest absolute Gasteiger partial charge is 0.407 e. The molecule has 4 atom stereocenters. The molecule has 2 aliphatic rings. The van der Waals surface area contributed by atoms with Crippen LogP contribution in [0.5, 0.6) is 0 Å². The molecule has 0 radical (unpaired) electrons. The lowest BCUT2D eigenvalue weighted by molar-refractivity contribution is -0.134. The molecule has 4 N–H and O–H groups in total. The maximum absolute atomic E-state index is 13.0. The molecule has 14 nitrogen and oxygen atoms in total. The summed E-state index contributed by atoms with van der Waals surface area (Å²) in [5.41, 5.74) is 1.41. The predicted molar refractivity (Wildman–Crippen MR) is 134 cm³/mol. The second-order valence-corrected chi connectivity index (χ2v) is 9.46. The number of hydrogen-bond acceptors (Lipinski definition) is 8. The monoisotopic (exact) mass is 530 g/mol. The number of hydrogen-bond donors (Lipinski definition) is 4. The van der Waals surface area contributed by atoms with Gasteiger partial charge in [0.05, 0.1) is 50.1 Å². The highest BCUT2D eigenvalue weighted by Crippen LogP contribution is 2.34. The van der Waals surface area contributed by atoms with Crippen molar-refractivity contribution in [2.24, 2.45) is 0 Å². The Labute approximate surface area is 219 Å². The van der Waals surface area contributed by atoms with E-state index in [-0.39, 0.29) is 23.9 Å². The number of aromatic nitrogens is 4. The highest BCUT2D eigenvalue weighted by molar-refractivity contribution is 5.86. The number of likely N-dealkylation sites (tertiary alicyclic amines) is 2. The Kier molecular flexibility index (Phi) is 8.17. The highest BCUT2D eigenvalue weighted by Gasteiger charge is 2.36. The van der Waals surface area contributed by atoms with Crippen molar-refractivity contribution in [2.75, 3.05) is 27.3 Å². The molecular formula is C24H34N8O6. The van der Waals surface area contributed by atoms with Gasteiger partial charge in [0, 0.05) is 13.1 Å². The number of nitrogens with one attached hydrogen (secondary N) is 4. The third kappa shape index (κ3) is 5.58. The average molecular weight is 531 g/mol. The van der Waals surface area contributed by atoms with Gasteiger partial charge in [0.2, 0.25) is 11.8 Å². The van der Waals surface area contributed by atoms with Gasteiger partial charge in [-0.15, -0.1) is 0 Å². The van der Waals surface area contributed by atoms with Gasteiger partial charge in [-0.1, -0.05) is 0 Å². The second kappa shape index (κ2) is 11.5. The van der Waals surface area contributed by atoms with Crippen LogP contribution in [0, 0.1) is 0 Å². The van der Waals surface area contributed by atoms with Crippen LogP contribution in [-0.4, -0.2) is 93.1 Å². The molecule has 4 amide bonds. The van der Waals surface area contributed by atoms with Crippen LogP contribution in [0.4, 0.5) is 9.59 Å². The van der Waals surface area contributed by atoms with E-state index in [1.807, 2.05) is 0 Å². The molecule has 2 aromatic rings. The minimum atomic E-state index is -0.727. The Morgan fingerprint density at radius 3 is 1.58 bits per heavy atom. The number of aromatic amines is 2. The van der Waals surface area contributed by atoms with E-state index in [1.165, 1.54) is 14.2 Å². The lowest BCUT2D eigenvalue weighted by atomic mass is 10.2. The minimum absolute atomic E-state index is 0.207. The summed E-state index contributed by atoms with van der Waals surface area (Å²) in [6, 6.07) is -1.94. The lowest BCUT2D eigenvalue weighted by Gasteiger charge is -2.26. The van der Waals surface area contributed by atoms with Crippen molar-refractivity contribution in [1.29, 1.82) is 0 Å². The summed E-state index contributed by atoms with van der Waals surface area (Å²) in [7, 11) is 2.50. The molecule has 0 saturated carbocycles. The molecule has 0 bridgehead atoms. The van der Waals surface area contributed by atoms with Crippen LogP contribution >= 0.6 is 0 Å². The van der Waals surface area contributed by atoms with E-state index in [0.717, 1.165) is 25.7 Å². The summed E-state index contributed by atoms with van der Waals surface area (Å²) in [5, 5.41) is 5.04. The molecule has 2 aliphatic heterocycles.